The predicted octanol–water partition coefficient (Wildman–Crippen LogP) is 1.87. The van der Waals surface area contributed by atoms with Crippen molar-refractivity contribution < 1.29 is 22.3 Å². The first-order valence-corrected chi connectivity index (χ1v) is 8.09. The van der Waals surface area contributed by atoms with Gasteiger partial charge in [-0.25, -0.2) is 22.7 Å². The summed E-state index contributed by atoms with van der Waals surface area (Å²) in [5.41, 5.74) is 1.22. The van der Waals surface area contributed by atoms with Crippen molar-refractivity contribution in [3.8, 4) is 0 Å². The van der Waals surface area contributed by atoms with Crippen molar-refractivity contribution >= 4 is 21.7 Å². The Balaban J connectivity index is 2.30. The molecule has 2 aromatic rings. The molecule has 0 amide bonds. The zero-order chi connectivity index (χ0) is 17.0. The molecule has 0 saturated carbocycles. The van der Waals surface area contributed by atoms with Crippen LogP contribution in [0.4, 0.5) is 10.1 Å². The number of esters is 1. The van der Waals surface area contributed by atoms with Crippen LogP contribution in [0, 0.1) is 5.82 Å². The van der Waals surface area contributed by atoms with Gasteiger partial charge in [-0.1, -0.05) is 12.1 Å². The molecule has 2 rings (SSSR count). The summed E-state index contributed by atoms with van der Waals surface area (Å²) in [6.07, 6.45) is 0. The van der Waals surface area contributed by atoms with Gasteiger partial charge in [0.05, 0.1) is 17.6 Å². The molecule has 0 atom stereocenters. The van der Waals surface area contributed by atoms with Gasteiger partial charge in [0.1, 0.15) is 5.82 Å². The molecule has 0 saturated heterocycles. The van der Waals surface area contributed by atoms with Gasteiger partial charge in [0.15, 0.2) is 0 Å². The molecule has 0 heterocycles. The zero-order valence-corrected chi connectivity index (χ0v) is 13.1. The third-order valence-corrected chi connectivity index (χ3v) is 4.03. The van der Waals surface area contributed by atoms with E-state index in [9.17, 15) is 17.6 Å². The number of nitrogens with one attached hydrogen (secondary N) is 1. The maximum atomic E-state index is 12.9. The minimum absolute atomic E-state index is 0.0427. The Morgan fingerprint density at radius 2 is 1.87 bits per heavy atom. The molecule has 0 unspecified atom stereocenters. The number of sulfonamides is 1. The van der Waals surface area contributed by atoms with Crippen molar-refractivity contribution in [2.45, 2.75) is 11.4 Å². The second kappa shape index (κ2) is 6.76. The lowest BCUT2D eigenvalue weighted by Crippen LogP contribution is -2.15. The third-order valence-electron chi connectivity index (χ3n) is 3.12. The molecule has 0 aliphatic heterocycles. The second-order valence-electron chi connectivity index (χ2n) is 4.72. The molecule has 0 radical (unpaired) electrons. The van der Waals surface area contributed by atoms with Gasteiger partial charge in [0.2, 0.25) is 10.0 Å². The minimum Gasteiger partial charge on any atom is -0.465 e. The van der Waals surface area contributed by atoms with Crippen LogP contribution < -0.4 is 10.5 Å². The van der Waals surface area contributed by atoms with E-state index in [0.29, 0.717) is 12.2 Å². The Morgan fingerprint density at radius 3 is 2.43 bits per heavy atom. The summed E-state index contributed by atoms with van der Waals surface area (Å²) in [4.78, 5) is 11.6. The molecule has 6 nitrogen and oxygen atoms in total. The summed E-state index contributed by atoms with van der Waals surface area (Å²) in [5, 5.41) is 8.04. The van der Waals surface area contributed by atoms with E-state index in [0.717, 1.165) is 11.6 Å². The maximum Gasteiger partial charge on any atom is 0.340 e. The Hall–Kier alpha value is -2.45. The van der Waals surface area contributed by atoms with Gasteiger partial charge >= 0.3 is 5.97 Å². The van der Waals surface area contributed by atoms with Crippen LogP contribution in [0.3, 0.4) is 0 Å². The summed E-state index contributed by atoms with van der Waals surface area (Å²) >= 11 is 0. The molecule has 2 aromatic carbocycles. The van der Waals surface area contributed by atoms with Crippen LogP contribution >= 0.6 is 0 Å². The number of halogens is 1. The third kappa shape index (κ3) is 4.27. The molecule has 8 heteroatoms. The van der Waals surface area contributed by atoms with Crippen molar-refractivity contribution in [2.75, 3.05) is 12.4 Å². The maximum absolute atomic E-state index is 12.9. The first-order valence-electron chi connectivity index (χ1n) is 6.55. The Bertz CT molecular complexity index is 820. The number of methoxy groups -OCH3 is 1. The summed E-state index contributed by atoms with van der Waals surface area (Å²) in [6, 6.07) is 9.70. The van der Waals surface area contributed by atoms with Crippen LogP contribution in [-0.2, 0) is 21.3 Å². The quantitative estimate of drug-likeness (QED) is 0.811. The van der Waals surface area contributed by atoms with E-state index in [4.69, 9.17) is 5.14 Å². The van der Waals surface area contributed by atoms with E-state index in [1.165, 1.54) is 31.4 Å². The molecular formula is C15H15FN2O4S. The molecule has 3 N–H and O–H groups in total. The van der Waals surface area contributed by atoms with Crippen molar-refractivity contribution in [1.82, 2.24) is 0 Å². The summed E-state index contributed by atoms with van der Waals surface area (Å²) in [5.74, 6) is -1.04. The van der Waals surface area contributed by atoms with E-state index in [2.05, 4.69) is 10.1 Å². The average molecular weight is 338 g/mol. The standard InChI is InChI=1S/C15H15FN2O4S/c1-22-15(19)13-8-12(23(17,20)21)6-7-14(13)18-9-10-2-4-11(16)5-3-10/h2-8,18H,9H2,1H3,(H2,17,20,21). The fourth-order valence-corrected chi connectivity index (χ4v) is 2.47. The number of hydrogen-bond acceptors (Lipinski definition) is 5. The van der Waals surface area contributed by atoms with Gasteiger partial charge < -0.3 is 10.1 Å². The number of nitrogens with two attached hydrogens (primary N) is 1. The number of carbonyl (C=O) groups excluding carboxylic acids is 1. The Kier molecular flexibility index (Phi) is 4.97. The lowest BCUT2D eigenvalue weighted by molar-refractivity contribution is 0.0601. The van der Waals surface area contributed by atoms with E-state index >= 15 is 0 Å². The predicted molar refractivity (Wildman–Crippen MR) is 82.9 cm³/mol. The topological polar surface area (TPSA) is 98.5 Å². The van der Waals surface area contributed by atoms with E-state index < -0.39 is 16.0 Å². The van der Waals surface area contributed by atoms with Crippen LogP contribution in [0.2, 0.25) is 0 Å². The molecule has 0 bridgehead atoms. The number of ether oxygens (including phenoxy) is 1. The fourth-order valence-electron chi connectivity index (χ4n) is 1.93. The van der Waals surface area contributed by atoms with E-state index in [1.54, 1.807) is 12.1 Å². The number of anilines is 1. The van der Waals surface area contributed by atoms with Crippen LogP contribution in [0.1, 0.15) is 15.9 Å². The van der Waals surface area contributed by atoms with Crippen LogP contribution in [-0.4, -0.2) is 21.5 Å². The van der Waals surface area contributed by atoms with Gasteiger partial charge in [-0.3, -0.25) is 0 Å². The Morgan fingerprint density at radius 1 is 1.22 bits per heavy atom. The molecule has 0 aliphatic carbocycles. The monoisotopic (exact) mass is 338 g/mol. The number of benzene rings is 2. The number of carbonyl (C=O) groups is 1. The van der Waals surface area contributed by atoms with E-state index in [1.807, 2.05) is 0 Å². The van der Waals surface area contributed by atoms with Gasteiger partial charge in [0.25, 0.3) is 0 Å². The first kappa shape index (κ1) is 16.9. The summed E-state index contributed by atoms with van der Waals surface area (Å²) in [6.45, 7) is 0.318. The summed E-state index contributed by atoms with van der Waals surface area (Å²) in [7, 11) is -2.74. The summed E-state index contributed by atoms with van der Waals surface area (Å²) < 4.78 is 40.3. The Labute approximate surface area is 133 Å². The van der Waals surface area contributed by atoms with Gasteiger partial charge in [-0.15, -0.1) is 0 Å². The molecular weight excluding hydrogens is 323 g/mol. The average Bonchev–Trinajstić information content (AvgIpc) is 2.52. The number of primary sulfonamides is 1. The minimum atomic E-state index is -3.93. The number of hydrogen-bond donors (Lipinski definition) is 2. The largest absolute Gasteiger partial charge is 0.465 e. The van der Waals surface area contributed by atoms with Crippen LogP contribution in [0.25, 0.3) is 0 Å². The molecule has 0 fully saturated rings. The van der Waals surface area contributed by atoms with Crippen molar-refractivity contribution in [3.63, 3.8) is 0 Å². The van der Waals surface area contributed by atoms with Crippen molar-refractivity contribution in [1.29, 1.82) is 0 Å². The van der Waals surface area contributed by atoms with Crippen LogP contribution in [0.5, 0.6) is 0 Å². The highest BCUT2D eigenvalue weighted by Crippen LogP contribution is 2.21. The van der Waals surface area contributed by atoms with Gasteiger partial charge in [-0.2, -0.15) is 0 Å². The van der Waals surface area contributed by atoms with Crippen LogP contribution in [0.15, 0.2) is 47.4 Å². The normalized spacial score (nSPS) is 11.1. The lowest BCUT2D eigenvalue weighted by Gasteiger charge is -2.12. The molecule has 23 heavy (non-hydrogen) atoms. The first-order chi connectivity index (χ1) is 10.8. The van der Waals surface area contributed by atoms with Gasteiger partial charge in [0, 0.05) is 12.2 Å². The molecule has 0 aromatic heterocycles. The number of rotatable bonds is 5. The van der Waals surface area contributed by atoms with Crippen molar-refractivity contribution in [2.24, 2.45) is 5.14 Å². The highest BCUT2D eigenvalue weighted by Gasteiger charge is 2.17. The van der Waals surface area contributed by atoms with E-state index in [-0.39, 0.29) is 16.3 Å². The highest BCUT2D eigenvalue weighted by atomic mass is 32.2. The molecule has 0 spiro atoms. The fraction of sp³-hybridized carbons (Fsp3) is 0.133. The second-order valence-corrected chi connectivity index (χ2v) is 6.29. The molecule has 0 aliphatic rings. The highest BCUT2D eigenvalue weighted by molar-refractivity contribution is 7.89. The SMILES string of the molecule is COC(=O)c1cc(S(N)(=O)=O)ccc1NCc1ccc(F)cc1. The molecule has 122 valence electrons. The zero-order valence-electron chi connectivity index (χ0n) is 12.2. The van der Waals surface area contributed by atoms with Crippen molar-refractivity contribution in [3.05, 3.63) is 59.4 Å². The smallest absolute Gasteiger partial charge is 0.340 e. The van der Waals surface area contributed by atoms with Gasteiger partial charge in [-0.05, 0) is 35.9 Å². The lowest BCUT2D eigenvalue weighted by atomic mass is 10.1.